The van der Waals surface area contributed by atoms with Crippen molar-refractivity contribution in [3.05, 3.63) is 29.3 Å². The highest BCUT2D eigenvalue weighted by atomic mass is 16.5. The first-order valence-corrected chi connectivity index (χ1v) is 8.44. The molecule has 2 heterocycles. The third-order valence-electron chi connectivity index (χ3n) is 4.63. The summed E-state index contributed by atoms with van der Waals surface area (Å²) in [6.07, 6.45) is 4.82. The first kappa shape index (κ1) is 14.9. The average molecular weight is 288 g/mol. The molecule has 0 saturated carbocycles. The maximum Gasteiger partial charge on any atom is 0.122 e. The Morgan fingerprint density at radius 2 is 2.10 bits per heavy atom. The Balaban J connectivity index is 1.44. The van der Waals surface area contributed by atoms with Crippen molar-refractivity contribution in [2.75, 3.05) is 26.2 Å². The first-order chi connectivity index (χ1) is 10.2. The van der Waals surface area contributed by atoms with Gasteiger partial charge in [0.1, 0.15) is 5.75 Å². The van der Waals surface area contributed by atoms with Crippen LogP contribution >= 0.6 is 0 Å². The van der Waals surface area contributed by atoms with Crippen LogP contribution < -0.4 is 10.1 Å². The monoisotopic (exact) mass is 288 g/mol. The lowest BCUT2D eigenvalue weighted by atomic mass is 10.0. The molecule has 2 aliphatic heterocycles. The van der Waals surface area contributed by atoms with Crippen molar-refractivity contribution in [3.8, 4) is 5.75 Å². The Morgan fingerprint density at radius 3 is 2.86 bits per heavy atom. The van der Waals surface area contributed by atoms with Crippen LogP contribution in [-0.4, -0.2) is 43.2 Å². The lowest BCUT2D eigenvalue weighted by Gasteiger charge is -2.33. The minimum atomic E-state index is 0.607. The molecule has 0 amide bonds. The van der Waals surface area contributed by atoms with Gasteiger partial charge < -0.3 is 15.0 Å². The molecule has 0 aliphatic carbocycles. The van der Waals surface area contributed by atoms with Crippen molar-refractivity contribution in [1.82, 2.24) is 10.2 Å². The third kappa shape index (κ3) is 3.98. The van der Waals surface area contributed by atoms with Crippen molar-refractivity contribution in [2.24, 2.45) is 0 Å². The average Bonchev–Trinajstić information content (AvgIpc) is 2.93. The number of fused-ring (bicyclic) bond motifs is 1. The zero-order chi connectivity index (χ0) is 14.7. The molecule has 1 aromatic rings. The van der Waals surface area contributed by atoms with Gasteiger partial charge in [0.05, 0.1) is 6.61 Å². The van der Waals surface area contributed by atoms with E-state index in [-0.39, 0.29) is 0 Å². The molecule has 21 heavy (non-hydrogen) atoms. The van der Waals surface area contributed by atoms with Crippen LogP contribution in [0.2, 0.25) is 0 Å². The van der Waals surface area contributed by atoms with Gasteiger partial charge in [-0.3, -0.25) is 0 Å². The van der Waals surface area contributed by atoms with Gasteiger partial charge in [0, 0.05) is 25.0 Å². The van der Waals surface area contributed by atoms with Gasteiger partial charge in [-0.05, 0) is 49.5 Å². The van der Waals surface area contributed by atoms with Crippen LogP contribution in [0.15, 0.2) is 18.2 Å². The Morgan fingerprint density at radius 1 is 1.29 bits per heavy atom. The van der Waals surface area contributed by atoms with Crippen molar-refractivity contribution in [2.45, 2.75) is 51.6 Å². The first-order valence-electron chi connectivity index (χ1n) is 8.44. The van der Waals surface area contributed by atoms with Crippen molar-refractivity contribution < 1.29 is 4.74 Å². The number of nitrogens with zero attached hydrogens (tertiary/aromatic N) is 1. The van der Waals surface area contributed by atoms with Crippen LogP contribution in [0.5, 0.6) is 5.75 Å². The summed E-state index contributed by atoms with van der Waals surface area (Å²) in [7, 11) is 0. The molecular formula is C18H28N2O. The van der Waals surface area contributed by atoms with E-state index in [2.05, 4.69) is 42.3 Å². The number of rotatable bonds is 5. The zero-order valence-corrected chi connectivity index (χ0v) is 13.4. The van der Waals surface area contributed by atoms with Crippen LogP contribution in [-0.2, 0) is 12.8 Å². The summed E-state index contributed by atoms with van der Waals surface area (Å²) in [5, 5.41) is 3.66. The van der Waals surface area contributed by atoms with Crippen LogP contribution in [0.25, 0.3) is 0 Å². The second kappa shape index (κ2) is 6.80. The fraction of sp³-hybridized carbons (Fsp3) is 0.667. The molecule has 2 aliphatic rings. The molecule has 0 bridgehead atoms. The maximum absolute atomic E-state index is 5.57. The zero-order valence-electron chi connectivity index (χ0n) is 13.4. The normalized spacial score (nSPS) is 19.8. The van der Waals surface area contributed by atoms with Crippen molar-refractivity contribution >= 4 is 0 Å². The van der Waals surface area contributed by atoms with E-state index in [1.54, 1.807) is 0 Å². The minimum absolute atomic E-state index is 0.607. The molecule has 0 unspecified atom stereocenters. The van der Waals surface area contributed by atoms with E-state index in [1.807, 2.05) is 0 Å². The second-order valence-electron chi connectivity index (χ2n) is 6.73. The Kier molecular flexibility index (Phi) is 4.81. The number of ether oxygens (including phenoxy) is 1. The minimum Gasteiger partial charge on any atom is -0.493 e. The summed E-state index contributed by atoms with van der Waals surface area (Å²) in [6.45, 7) is 8.99. The third-order valence-corrected chi connectivity index (χ3v) is 4.63. The predicted octanol–water partition coefficient (Wildman–Crippen LogP) is 2.63. The molecule has 0 atom stereocenters. The van der Waals surface area contributed by atoms with Crippen LogP contribution in [0.1, 0.15) is 37.8 Å². The molecule has 1 aromatic carbocycles. The summed E-state index contributed by atoms with van der Waals surface area (Å²) in [4.78, 5) is 2.61. The number of hydrogen-bond acceptors (Lipinski definition) is 3. The van der Waals surface area contributed by atoms with Crippen molar-refractivity contribution in [1.29, 1.82) is 0 Å². The van der Waals surface area contributed by atoms with E-state index >= 15 is 0 Å². The summed E-state index contributed by atoms with van der Waals surface area (Å²) in [5.41, 5.74) is 2.86. The summed E-state index contributed by atoms with van der Waals surface area (Å²) in [6, 6.07) is 8.05. The Labute approximate surface area is 128 Å². The maximum atomic E-state index is 5.57. The molecule has 116 valence electrons. The van der Waals surface area contributed by atoms with Crippen molar-refractivity contribution in [3.63, 3.8) is 0 Å². The van der Waals surface area contributed by atoms with Gasteiger partial charge in [-0.1, -0.05) is 26.0 Å². The van der Waals surface area contributed by atoms with E-state index in [0.717, 1.165) is 31.2 Å². The predicted molar refractivity (Wildman–Crippen MR) is 87.1 cm³/mol. The Bertz CT molecular complexity index is 464. The van der Waals surface area contributed by atoms with Gasteiger partial charge in [-0.15, -0.1) is 0 Å². The van der Waals surface area contributed by atoms with E-state index in [9.17, 15) is 0 Å². The van der Waals surface area contributed by atoms with Gasteiger partial charge in [-0.25, -0.2) is 0 Å². The highest BCUT2D eigenvalue weighted by Gasteiger charge is 2.19. The standard InChI is InChI=1S/C18H28N2O/c1-14(2)19-17-6-10-20(11-7-17)9-5-15-3-4-18-16(13-15)8-12-21-18/h3-4,13-14,17,19H,5-12H2,1-2H3. The number of nitrogens with one attached hydrogen (secondary N) is 1. The topological polar surface area (TPSA) is 24.5 Å². The molecule has 0 spiro atoms. The number of piperidine rings is 1. The Hall–Kier alpha value is -1.06. The van der Waals surface area contributed by atoms with Gasteiger partial charge in [0.25, 0.3) is 0 Å². The fourth-order valence-electron chi connectivity index (χ4n) is 3.48. The lowest BCUT2D eigenvalue weighted by Crippen LogP contribution is -2.45. The largest absolute Gasteiger partial charge is 0.493 e. The summed E-state index contributed by atoms with van der Waals surface area (Å²) < 4.78 is 5.57. The van der Waals surface area contributed by atoms with E-state index in [0.29, 0.717) is 6.04 Å². The number of likely N-dealkylation sites (tertiary alicyclic amines) is 1. The highest BCUT2D eigenvalue weighted by molar-refractivity contribution is 5.39. The molecule has 3 nitrogen and oxygen atoms in total. The molecule has 3 rings (SSSR count). The van der Waals surface area contributed by atoms with Crippen LogP contribution in [0.4, 0.5) is 0 Å². The lowest BCUT2D eigenvalue weighted by molar-refractivity contribution is 0.195. The quantitative estimate of drug-likeness (QED) is 0.901. The van der Waals surface area contributed by atoms with Crippen LogP contribution in [0.3, 0.4) is 0 Å². The molecule has 0 aromatic heterocycles. The SMILES string of the molecule is CC(C)NC1CCN(CCc2ccc3c(c2)CCO3)CC1. The molecular weight excluding hydrogens is 260 g/mol. The molecule has 3 heteroatoms. The molecule has 1 fully saturated rings. The summed E-state index contributed by atoms with van der Waals surface area (Å²) in [5.74, 6) is 1.10. The van der Waals surface area contributed by atoms with E-state index < -0.39 is 0 Å². The highest BCUT2D eigenvalue weighted by Crippen LogP contribution is 2.26. The second-order valence-corrected chi connectivity index (χ2v) is 6.73. The van der Waals surface area contributed by atoms with Gasteiger partial charge in [0.2, 0.25) is 0 Å². The number of hydrogen-bond donors (Lipinski definition) is 1. The van der Waals surface area contributed by atoms with Gasteiger partial charge in [0.15, 0.2) is 0 Å². The smallest absolute Gasteiger partial charge is 0.122 e. The van der Waals surface area contributed by atoms with Gasteiger partial charge >= 0.3 is 0 Å². The van der Waals surface area contributed by atoms with E-state index in [1.165, 1.54) is 43.6 Å². The fourth-order valence-corrected chi connectivity index (χ4v) is 3.48. The van der Waals surface area contributed by atoms with E-state index in [4.69, 9.17) is 4.74 Å². The molecule has 0 radical (unpaired) electrons. The van der Waals surface area contributed by atoms with Crippen LogP contribution in [0, 0.1) is 0 Å². The van der Waals surface area contributed by atoms with Gasteiger partial charge in [-0.2, -0.15) is 0 Å². The molecule has 1 N–H and O–H groups in total. The molecule has 1 saturated heterocycles. The number of benzene rings is 1. The summed E-state index contributed by atoms with van der Waals surface area (Å²) >= 11 is 0.